The number of nitrogens with two attached hydrogens (primary N) is 2. The van der Waals surface area contributed by atoms with Gasteiger partial charge in [0.25, 0.3) is 0 Å². The molecule has 0 bridgehead atoms. The maximum absolute atomic E-state index is 11.8. The van der Waals surface area contributed by atoms with Crippen LogP contribution in [0.4, 0.5) is 5.69 Å². The van der Waals surface area contributed by atoms with E-state index in [9.17, 15) is 13.2 Å². The quantitative estimate of drug-likeness (QED) is 0.720. The zero-order chi connectivity index (χ0) is 13.6. The van der Waals surface area contributed by atoms with Gasteiger partial charge in [-0.1, -0.05) is 6.07 Å². The lowest BCUT2D eigenvalue weighted by atomic mass is 10.2. The fourth-order valence-electron chi connectivity index (χ4n) is 1.67. The van der Waals surface area contributed by atoms with Crippen LogP contribution >= 0.6 is 0 Å². The minimum atomic E-state index is -3.79. The topological polar surface area (TPSA) is 115 Å². The number of sulfonamides is 1. The highest BCUT2D eigenvalue weighted by molar-refractivity contribution is 7.89. The molecule has 0 unspecified atom stereocenters. The number of benzene rings is 1. The predicted octanol–water partition coefficient (Wildman–Crippen LogP) is 0.0722. The molecule has 98 valence electrons. The highest BCUT2D eigenvalue weighted by Crippen LogP contribution is 2.34. The summed E-state index contributed by atoms with van der Waals surface area (Å²) in [4.78, 5) is 11.8. The van der Waals surface area contributed by atoms with Crippen LogP contribution in [0.1, 0.15) is 18.4 Å². The average molecular weight is 269 g/mol. The molecule has 0 radical (unpaired) electrons. The largest absolute Gasteiger partial charge is 0.324 e. The van der Waals surface area contributed by atoms with Crippen molar-refractivity contribution < 1.29 is 13.2 Å². The van der Waals surface area contributed by atoms with Crippen LogP contribution in [-0.2, 0) is 14.8 Å². The van der Waals surface area contributed by atoms with Crippen LogP contribution in [0.15, 0.2) is 23.1 Å². The van der Waals surface area contributed by atoms with Crippen LogP contribution in [0.2, 0.25) is 0 Å². The molecule has 1 aromatic carbocycles. The smallest absolute Gasteiger partial charge is 0.244 e. The average Bonchev–Trinajstić information content (AvgIpc) is 2.99. The Bertz CT molecular complexity index is 606. The summed E-state index contributed by atoms with van der Waals surface area (Å²) in [6.45, 7) is 1.59. The molecule has 1 aliphatic carbocycles. The van der Waals surface area contributed by atoms with Crippen molar-refractivity contribution in [1.82, 2.24) is 0 Å². The van der Waals surface area contributed by atoms with Crippen LogP contribution < -0.4 is 16.2 Å². The van der Waals surface area contributed by atoms with Gasteiger partial charge in [0.1, 0.15) is 0 Å². The van der Waals surface area contributed by atoms with Gasteiger partial charge in [-0.15, -0.1) is 0 Å². The van der Waals surface area contributed by atoms with Crippen molar-refractivity contribution in [3.05, 3.63) is 23.8 Å². The summed E-state index contributed by atoms with van der Waals surface area (Å²) in [5.41, 5.74) is 5.79. The van der Waals surface area contributed by atoms with E-state index < -0.39 is 15.6 Å². The lowest BCUT2D eigenvalue weighted by molar-refractivity contribution is -0.118. The Balaban J connectivity index is 2.32. The Kier molecular flexibility index (Phi) is 2.92. The molecule has 0 saturated heterocycles. The fourth-order valence-corrected chi connectivity index (χ4v) is 2.47. The second-order valence-corrected chi connectivity index (χ2v) is 6.11. The third-order valence-electron chi connectivity index (χ3n) is 3.08. The zero-order valence-electron chi connectivity index (χ0n) is 9.93. The Morgan fingerprint density at radius 1 is 1.39 bits per heavy atom. The summed E-state index contributed by atoms with van der Waals surface area (Å²) >= 11 is 0. The summed E-state index contributed by atoms with van der Waals surface area (Å²) in [5, 5.41) is 7.73. The van der Waals surface area contributed by atoms with Gasteiger partial charge >= 0.3 is 0 Å². The molecule has 18 heavy (non-hydrogen) atoms. The van der Waals surface area contributed by atoms with Crippen molar-refractivity contribution in [2.75, 3.05) is 5.32 Å². The Hall–Kier alpha value is -1.44. The first kappa shape index (κ1) is 13.0. The van der Waals surface area contributed by atoms with E-state index >= 15 is 0 Å². The summed E-state index contributed by atoms with van der Waals surface area (Å²) in [6.07, 6.45) is 1.29. The third-order valence-corrected chi connectivity index (χ3v) is 4.14. The molecule has 1 aromatic rings. The molecule has 7 heteroatoms. The Morgan fingerprint density at radius 2 is 2.00 bits per heavy atom. The SMILES string of the molecule is Cc1c(NC(=O)C2(N)CC2)cccc1S(N)(=O)=O. The van der Waals surface area contributed by atoms with E-state index in [1.54, 1.807) is 13.0 Å². The van der Waals surface area contributed by atoms with Gasteiger partial charge in [-0.25, -0.2) is 13.6 Å². The molecule has 5 N–H and O–H groups in total. The molecule has 0 spiro atoms. The van der Waals surface area contributed by atoms with E-state index in [2.05, 4.69) is 5.32 Å². The number of nitrogens with one attached hydrogen (secondary N) is 1. The molecule has 1 amide bonds. The van der Waals surface area contributed by atoms with Crippen molar-refractivity contribution in [3.63, 3.8) is 0 Å². The van der Waals surface area contributed by atoms with Crippen LogP contribution in [0, 0.1) is 6.92 Å². The highest BCUT2D eigenvalue weighted by Gasteiger charge is 2.46. The summed E-state index contributed by atoms with van der Waals surface area (Å²) in [5.74, 6) is -0.294. The zero-order valence-corrected chi connectivity index (χ0v) is 10.8. The van der Waals surface area contributed by atoms with Crippen LogP contribution in [0.25, 0.3) is 0 Å². The molecule has 1 aliphatic rings. The summed E-state index contributed by atoms with van der Waals surface area (Å²) in [6, 6.07) is 4.54. The number of carbonyl (C=O) groups is 1. The Labute approximate surface area is 105 Å². The van der Waals surface area contributed by atoms with Crippen molar-refractivity contribution in [1.29, 1.82) is 0 Å². The van der Waals surface area contributed by atoms with Gasteiger partial charge in [0.15, 0.2) is 0 Å². The first-order valence-electron chi connectivity index (χ1n) is 5.47. The molecule has 1 saturated carbocycles. The maximum atomic E-state index is 11.8. The number of hydrogen-bond acceptors (Lipinski definition) is 4. The minimum Gasteiger partial charge on any atom is -0.324 e. The van der Waals surface area contributed by atoms with Gasteiger partial charge in [0, 0.05) is 5.69 Å². The van der Waals surface area contributed by atoms with Crippen molar-refractivity contribution in [2.24, 2.45) is 10.9 Å². The number of primary sulfonamides is 1. The lowest BCUT2D eigenvalue weighted by Crippen LogP contribution is -2.38. The molecule has 6 nitrogen and oxygen atoms in total. The normalized spacial score (nSPS) is 17.3. The Morgan fingerprint density at radius 3 is 2.50 bits per heavy atom. The molecular weight excluding hydrogens is 254 g/mol. The van der Waals surface area contributed by atoms with Gasteiger partial charge in [0.05, 0.1) is 10.4 Å². The van der Waals surface area contributed by atoms with Crippen molar-refractivity contribution in [3.8, 4) is 0 Å². The minimum absolute atomic E-state index is 0.00201. The lowest BCUT2D eigenvalue weighted by Gasteiger charge is -2.13. The van der Waals surface area contributed by atoms with Gasteiger partial charge < -0.3 is 11.1 Å². The van der Waals surface area contributed by atoms with Crippen molar-refractivity contribution in [2.45, 2.75) is 30.2 Å². The first-order valence-corrected chi connectivity index (χ1v) is 7.01. The van der Waals surface area contributed by atoms with Gasteiger partial charge in [-0.2, -0.15) is 0 Å². The van der Waals surface area contributed by atoms with Crippen LogP contribution in [-0.4, -0.2) is 19.9 Å². The van der Waals surface area contributed by atoms with E-state index in [1.165, 1.54) is 12.1 Å². The van der Waals surface area contributed by atoms with Gasteiger partial charge in [-0.3, -0.25) is 4.79 Å². The van der Waals surface area contributed by atoms with E-state index in [1.807, 2.05) is 0 Å². The maximum Gasteiger partial charge on any atom is 0.244 e. The highest BCUT2D eigenvalue weighted by atomic mass is 32.2. The van der Waals surface area contributed by atoms with Crippen LogP contribution in [0.5, 0.6) is 0 Å². The van der Waals surface area contributed by atoms with Gasteiger partial charge in [0.2, 0.25) is 15.9 Å². The molecule has 1 fully saturated rings. The van der Waals surface area contributed by atoms with E-state index in [0.29, 0.717) is 24.1 Å². The predicted molar refractivity (Wildman–Crippen MR) is 67.3 cm³/mol. The molecule has 2 rings (SSSR count). The van der Waals surface area contributed by atoms with Crippen LogP contribution in [0.3, 0.4) is 0 Å². The molecular formula is C11H15N3O3S. The number of anilines is 1. The second kappa shape index (κ2) is 4.04. The summed E-state index contributed by atoms with van der Waals surface area (Å²) < 4.78 is 22.7. The van der Waals surface area contributed by atoms with Crippen molar-refractivity contribution >= 4 is 21.6 Å². The fraction of sp³-hybridized carbons (Fsp3) is 0.364. The molecule has 0 aliphatic heterocycles. The summed E-state index contributed by atoms with van der Waals surface area (Å²) in [7, 11) is -3.79. The molecule has 0 atom stereocenters. The van der Waals surface area contributed by atoms with Gasteiger partial charge in [-0.05, 0) is 37.5 Å². The number of amides is 1. The molecule has 0 aromatic heterocycles. The van der Waals surface area contributed by atoms with E-state index in [-0.39, 0.29) is 10.8 Å². The second-order valence-electron chi connectivity index (χ2n) is 4.58. The number of carbonyl (C=O) groups excluding carboxylic acids is 1. The first-order chi connectivity index (χ1) is 8.24. The van der Waals surface area contributed by atoms with E-state index in [0.717, 1.165) is 0 Å². The third kappa shape index (κ3) is 2.38. The number of rotatable bonds is 3. The van der Waals surface area contributed by atoms with E-state index in [4.69, 9.17) is 10.9 Å². The number of hydrogen-bond donors (Lipinski definition) is 3. The molecule has 0 heterocycles. The standard InChI is InChI=1S/C11H15N3O3S/c1-7-8(14-10(15)11(12)5-6-11)3-2-4-9(7)18(13,16)17/h2-4H,5-6,12H2,1H3,(H,14,15)(H2,13,16,17). The monoisotopic (exact) mass is 269 g/mol.